The van der Waals surface area contributed by atoms with Gasteiger partial charge < -0.3 is 19.6 Å². The molecule has 4 heterocycles. The zero-order chi connectivity index (χ0) is 23.4. The van der Waals surface area contributed by atoms with Crippen LogP contribution in [0.2, 0.25) is 0 Å². The van der Waals surface area contributed by atoms with E-state index in [9.17, 15) is 9.59 Å². The number of ether oxygens (including phenoxy) is 1. The number of nitrogens with zero attached hydrogens (tertiary/aromatic N) is 3. The van der Waals surface area contributed by atoms with Gasteiger partial charge in [-0.1, -0.05) is 30.0 Å². The quantitative estimate of drug-likeness (QED) is 0.268. The molecule has 2 N–H and O–H groups in total. The molecule has 1 aliphatic rings. The van der Waals surface area contributed by atoms with Crippen LogP contribution in [0.1, 0.15) is 16.9 Å². The largest absolute Gasteiger partial charge is 0.467 e. The molecule has 0 bridgehead atoms. The smallest absolute Gasteiger partial charge is 0.267 e. The van der Waals surface area contributed by atoms with Crippen LogP contribution in [0.3, 0.4) is 0 Å². The number of carbonyl (C=O) groups excluding carboxylic acids is 1. The summed E-state index contributed by atoms with van der Waals surface area (Å²) in [6.07, 6.45) is 4.71. The summed E-state index contributed by atoms with van der Waals surface area (Å²) in [6, 6.07) is 7.16. The number of aliphatic hydroxyl groups is 1. The third-order valence-electron chi connectivity index (χ3n) is 4.90. The van der Waals surface area contributed by atoms with Crippen LogP contribution < -0.4 is 10.9 Å². The molecule has 1 saturated heterocycles. The van der Waals surface area contributed by atoms with Crippen molar-refractivity contribution in [1.82, 2.24) is 14.3 Å². The number of amides is 1. The molecule has 172 valence electrons. The lowest BCUT2D eigenvalue weighted by atomic mass is 10.2. The highest BCUT2D eigenvalue weighted by Gasteiger charge is 2.33. The predicted molar refractivity (Wildman–Crippen MR) is 130 cm³/mol. The van der Waals surface area contributed by atoms with E-state index in [1.807, 2.05) is 13.0 Å². The van der Waals surface area contributed by atoms with Crippen LogP contribution in [-0.4, -0.2) is 56.0 Å². The minimum absolute atomic E-state index is 0.0696. The van der Waals surface area contributed by atoms with Crippen molar-refractivity contribution in [2.45, 2.75) is 13.5 Å². The van der Waals surface area contributed by atoms with Gasteiger partial charge in [-0.25, -0.2) is 4.98 Å². The number of anilines is 1. The molecule has 33 heavy (non-hydrogen) atoms. The third-order valence-corrected chi connectivity index (χ3v) is 6.28. The summed E-state index contributed by atoms with van der Waals surface area (Å²) in [4.78, 5) is 32.8. The Morgan fingerprint density at radius 2 is 2.15 bits per heavy atom. The fourth-order valence-corrected chi connectivity index (χ4v) is 4.55. The number of aliphatic hydroxyl groups excluding tert-OH is 1. The second-order valence-electron chi connectivity index (χ2n) is 7.17. The first-order valence-electron chi connectivity index (χ1n) is 10.2. The number of furan rings is 1. The molecular weight excluding hydrogens is 464 g/mol. The van der Waals surface area contributed by atoms with Crippen molar-refractivity contribution in [3.8, 4) is 0 Å². The van der Waals surface area contributed by atoms with Crippen LogP contribution in [0, 0.1) is 6.92 Å². The standard InChI is InChI=1S/C22H22N4O5S2/c1-14-4-2-7-25-19(14)24-18(23-6-10-30-11-8-27)16(20(25)28)12-17-21(29)26(22(32)33-17)13-15-5-3-9-31-15/h2-5,7,9,12,23,27H,6,8,10-11,13H2,1H3/b17-12-. The molecule has 0 saturated carbocycles. The second-order valence-corrected chi connectivity index (χ2v) is 8.85. The lowest BCUT2D eigenvalue weighted by Crippen LogP contribution is -2.27. The van der Waals surface area contributed by atoms with Gasteiger partial charge in [-0.3, -0.25) is 18.9 Å². The Morgan fingerprint density at radius 1 is 1.30 bits per heavy atom. The number of aromatic nitrogens is 2. The normalized spacial score (nSPS) is 15.2. The van der Waals surface area contributed by atoms with Gasteiger partial charge in [-0.05, 0) is 36.8 Å². The number of pyridine rings is 1. The van der Waals surface area contributed by atoms with E-state index in [1.54, 1.807) is 24.4 Å². The minimum atomic E-state index is -0.307. The van der Waals surface area contributed by atoms with E-state index in [-0.39, 0.29) is 36.8 Å². The first kappa shape index (κ1) is 23.2. The molecule has 1 amide bonds. The Hall–Kier alpha value is -2.99. The van der Waals surface area contributed by atoms with Crippen LogP contribution >= 0.6 is 24.0 Å². The fraction of sp³-hybridized carbons (Fsp3) is 0.273. The molecule has 3 aromatic rings. The number of nitrogens with one attached hydrogen (secondary N) is 1. The minimum Gasteiger partial charge on any atom is -0.467 e. The summed E-state index contributed by atoms with van der Waals surface area (Å²) in [6.45, 7) is 2.93. The third kappa shape index (κ3) is 5.01. The summed E-state index contributed by atoms with van der Waals surface area (Å²) in [5, 5.41) is 12.0. The number of thioether (sulfide) groups is 1. The first-order chi connectivity index (χ1) is 16.0. The highest BCUT2D eigenvalue weighted by molar-refractivity contribution is 8.26. The Morgan fingerprint density at radius 3 is 2.91 bits per heavy atom. The van der Waals surface area contributed by atoms with Gasteiger partial charge in [-0.15, -0.1) is 0 Å². The zero-order valence-corrected chi connectivity index (χ0v) is 19.4. The zero-order valence-electron chi connectivity index (χ0n) is 17.8. The van der Waals surface area contributed by atoms with Gasteiger partial charge in [-0.2, -0.15) is 0 Å². The van der Waals surface area contributed by atoms with Crippen molar-refractivity contribution in [2.24, 2.45) is 0 Å². The average Bonchev–Trinajstić information content (AvgIpc) is 3.40. The summed E-state index contributed by atoms with van der Waals surface area (Å²) >= 11 is 6.52. The number of hydrogen-bond donors (Lipinski definition) is 2. The Balaban J connectivity index is 1.69. The van der Waals surface area contributed by atoms with Crippen LogP contribution in [0.15, 0.2) is 50.8 Å². The van der Waals surface area contributed by atoms with Crippen molar-refractivity contribution < 1.29 is 19.1 Å². The van der Waals surface area contributed by atoms with Gasteiger partial charge in [0.25, 0.3) is 11.5 Å². The van der Waals surface area contributed by atoms with Crippen LogP contribution in [0.5, 0.6) is 0 Å². The lowest BCUT2D eigenvalue weighted by molar-refractivity contribution is -0.122. The van der Waals surface area contributed by atoms with E-state index in [4.69, 9.17) is 26.5 Å². The topological polar surface area (TPSA) is 109 Å². The van der Waals surface area contributed by atoms with E-state index in [2.05, 4.69) is 10.3 Å². The highest BCUT2D eigenvalue weighted by atomic mass is 32.2. The van der Waals surface area contributed by atoms with Gasteiger partial charge >= 0.3 is 0 Å². The van der Waals surface area contributed by atoms with Crippen molar-refractivity contribution >= 4 is 51.7 Å². The monoisotopic (exact) mass is 486 g/mol. The van der Waals surface area contributed by atoms with Gasteiger partial charge in [0.1, 0.15) is 21.5 Å². The molecule has 3 aromatic heterocycles. The SMILES string of the molecule is Cc1cccn2c(=O)c(/C=C3\SC(=S)N(Cc4ccco4)C3=O)c(NCCOCCO)nc12. The van der Waals surface area contributed by atoms with Crippen LogP contribution in [0.4, 0.5) is 5.82 Å². The fourth-order valence-electron chi connectivity index (χ4n) is 3.31. The molecule has 0 unspecified atom stereocenters. The van der Waals surface area contributed by atoms with E-state index in [0.717, 1.165) is 17.3 Å². The molecule has 9 nitrogen and oxygen atoms in total. The van der Waals surface area contributed by atoms with Crippen molar-refractivity contribution in [3.63, 3.8) is 0 Å². The lowest BCUT2D eigenvalue weighted by Gasteiger charge is -2.13. The molecule has 4 rings (SSSR count). The van der Waals surface area contributed by atoms with Crippen LogP contribution in [0.25, 0.3) is 11.7 Å². The van der Waals surface area contributed by atoms with Crippen LogP contribution in [-0.2, 0) is 16.1 Å². The first-order valence-corrected chi connectivity index (χ1v) is 11.4. The second kappa shape index (κ2) is 10.3. The maximum atomic E-state index is 13.3. The molecule has 1 aliphatic heterocycles. The maximum absolute atomic E-state index is 13.3. The molecule has 0 radical (unpaired) electrons. The number of hydrogen-bond acceptors (Lipinski definition) is 9. The molecule has 0 spiro atoms. The van der Waals surface area contributed by atoms with E-state index in [0.29, 0.717) is 39.6 Å². The summed E-state index contributed by atoms with van der Waals surface area (Å²) in [5.41, 5.74) is 1.30. The average molecular weight is 487 g/mol. The number of rotatable bonds is 9. The Bertz CT molecular complexity index is 1270. The van der Waals surface area contributed by atoms with Crippen molar-refractivity contribution in [3.05, 3.63) is 68.9 Å². The number of fused-ring (bicyclic) bond motifs is 1. The number of thiocarbonyl (C=S) groups is 1. The molecule has 11 heteroatoms. The molecular formula is C22H22N4O5S2. The Kier molecular flexibility index (Phi) is 7.23. The molecule has 0 aromatic carbocycles. The Labute approximate surface area is 199 Å². The summed E-state index contributed by atoms with van der Waals surface area (Å²) in [7, 11) is 0. The molecule has 0 atom stereocenters. The van der Waals surface area contributed by atoms with Crippen molar-refractivity contribution in [2.75, 3.05) is 31.7 Å². The van der Waals surface area contributed by atoms with Gasteiger partial charge in [0.2, 0.25) is 0 Å². The van der Waals surface area contributed by atoms with E-state index >= 15 is 0 Å². The van der Waals surface area contributed by atoms with Crippen molar-refractivity contribution in [1.29, 1.82) is 0 Å². The maximum Gasteiger partial charge on any atom is 0.267 e. The van der Waals surface area contributed by atoms with E-state index in [1.165, 1.54) is 21.6 Å². The van der Waals surface area contributed by atoms with Gasteiger partial charge in [0, 0.05) is 12.7 Å². The van der Waals surface area contributed by atoms with Gasteiger partial charge in [0.05, 0.1) is 43.1 Å². The summed E-state index contributed by atoms with van der Waals surface area (Å²) < 4.78 is 12.5. The summed E-state index contributed by atoms with van der Waals surface area (Å²) in [5.74, 6) is 0.659. The number of carbonyl (C=O) groups is 1. The highest BCUT2D eigenvalue weighted by Crippen LogP contribution is 2.34. The predicted octanol–water partition coefficient (Wildman–Crippen LogP) is 2.42. The molecule has 1 fully saturated rings. The molecule has 0 aliphatic carbocycles. The number of aryl methyl sites for hydroxylation is 1. The van der Waals surface area contributed by atoms with E-state index < -0.39 is 0 Å². The van der Waals surface area contributed by atoms with Gasteiger partial charge in [0.15, 0.2) is 0 Å².